The van der Waals surface area contributed by atoms with Gasteiger partial charge in [-0.15, -0.1) is 12.4 Å². The minimum atomic E-state index is 0. The molecule has 1 saturated carbocycles. The lowest BCUT2D eigenvalue weighted by atomic mass is 10.00. The molecule has 0 radical (unpaired) electrons. The highest BCUT2D eigenvalue weighted by molar-refractivity contribution is 5.97. The fraction of sp³-hybridized carbons (Fsp3) is 0.316. The van der Waals surface area contributed by atoms with Crippen molar-refractivity contribution in [2.24, 2.45) is 5.92 Å². The van der Waals surface area contributed by atoms with E-state index in [2.05, 4.69) is 43.4 Å². The van der Waals surface area contributed by atoms with E-state index >= 15 is 0 Å². The second-order valence-electron chi connectivity index (χ2n) is 6.35. The van der Waals surface area contributed by atoms with E-state index in [0.29, 0.717) is 23.2 Å². The Morgan fingerprint density at radius 3 is 2.39 bits per heavy atom. The third-order valence-corrected chi connectivity index (χ3v) is 4.38. The number of nitrogens with one attached hydrogen (secondary N) is 1. The third-order valence-electron chi connectivity index (χ3n) is 4.38. The number of anilines is 2. The number of amides is 1. The van der Waals surface area contributed by atoms with Gasteiger partial charge in [0.25, 0.3) is 0 Å². The van der Waals surface area contributed by atoms with Gasteiger partial charge in [-0.3, -0.25) is 4.79 Å². The summed E-state index contributed by atoms with van der Waals surface area (Å²) in [5.41, 5.74) is 9.76. The van der Waals surface area contributed by atoms with Gasteiger partial charge in [0.15, 0.2) is 0 Å². The zero-order valence-electron chi connectivity index (χ0n) is 13.5. The Bertz CT molecular complexity index is 682. The van der Waals surface area contributed by atoms with Crippen molar-refractivity contribution in [2.45, 2.75) is 32.1 Å². The molecule has 3 rings (SSSR count). The lowest BCUT2D eigenvalue weighted by Gasteiger charge is -2.08. The van der Waals surface area contributed by atoms with Crippen LogP contribution in [0.3, 0.4) is 0 Å². The van der Waals surface area contributed by atoms with Gasteiger partial charge in [-0.1, -0.05) is 50.2 Å². The van der Waals surface area contributed by atoms with Crippen LogP contribution in [-0.4, -0.2) is 5.91 Å². The predicted octanol–water partition coefficient (Wildman–Crippen LogP) is 4.56. The van der Waals surface area contributed by atoms with E-state index in [1.165, 1.54) is 11.1 Å². The van der Waals surface area contributed by atoms with E-state index in [4.69, 9.17) is 5.73 Å². The van der Waals surface area contributed by atoms with Crippen LogP contribution in [0.15, 0.2) is 48.5 Å². The van der Waals surface area contributed by atoms with Crippen LogP contribution in [0.25, 0.3) is 0 Å². The van der Waals surface area contributed by atoms with Crippen molar-refractivity contribution in [3.63, 3.8) is 0 Å². The summed E-state index contributed by atoms with van der Waals surface area (Å²) in [5.74, 6) is 1.000. The second-order valence-corrected chi connectivity index (χ2v) is 6.35. The standard InChI is InChI=1S/C19H22N2O.ClH/c1-12(2)13-7-9-14(10-8-13)15-11-16(15)19(22)21-18-6-4-3-5-17(18)20;/h3-10,12,15-16H,11,20H2,1-2H3,(H,21,22);1H. The van der Waals surface area contributed by atoms with Crippen molar-refractivity contribution in [3.05, 3.63) is 59.7 Å². The summed E-state index contributed by atoms with van der Waals surface area (Å²) in [7, 11) is 0. The lowest BCUT2D eigenvalue weighted by molar-refractivity contribution is -0.117. The number of carbonyl (C=O) groups excluding carboxylic acids is 1. The first-order valence-corrected chi connectivity index (χ1v) is 7.81. The smallest absolute Gasteiger partial charge is 0.228 e. The average Bonchev–Trinajstić information content (AvgIpc) is 3.30. The van der Waals surface area contributed by atoms with Crippen molar-refractivity contribution >= 4 is 29.7 Å². The van der Waals surface area contributed by atoms with Crippen molar-refractivity contribution < 1.29 is 4.79 Å². The Morgan fingerprint density at radius 2 is 1.78 bits per heavy atom. The van der Waals surface area contributed by atoms with Gasteiger partial charge < -0.3 is 11.1 Å². The minimum Gasteiger partial charge on any atom is -0.397 e. The molecule has 2 unspecified atom stereocenters. The van der Waals surface area contributed by atoms with E-state index < -0.39 is 0 Å². The maximum Gasteiger partial charge on any atom is 0.228 e. The Labute approximate surface area is 143 Å². The van der Waals surface area contributed by atoms with Crippen LogP contribution < -0.4 is 11.1 Å². The maximum absolute atomic E-state index is 12.3. The Morgan fingerprint density at radius 1 is 1.13 bits per heavy atom. The summed E-state index contributed by atoms with van der Waals surface area (Å²) < 4.78 is 0. The van der Waals surface area contributed by atoms with E-state index in [1.807, 2.05) is 18.2 Å². The molecule has 3 N–H and O–H groups in total. The first kappa shape index (κ1) is 17.4. The van der Waals surface area contributed by atoms with Crippen molar-refractivity contribution in [3.8, 4) is 0 Å². The van der Waals surface area contributed by atoms with Gasteiger partial charge in [0.1, 0.15) is 0 Å². The summed E-state index contributed by atoms with van der Waals surface area (Å²) >= 11 is 0. The van der Waals surface area contributed by atoms with Gasteiger partial charge in [-0.25, -0.2) is 0 Å². The molecule has 3 nitrogen and oxygen atoms in total. The molecule has 0 heterocycles. The van der Waals surface area contributed by atoms with Crippen LogP contribution in [0.2, 0.25) is 0 Å². The number of carbonyl (C=O) groups is 1. The van der Waals surface area contributed by atoms with Gasteiger partial charge in [0.2, 0.25) is 5.91 Å². The summed E-state index contributed by atoms with van der Waals surface area (Å²) in [5, 5.41) is 2.94. The van der Waals surface area contributed by atoms with Crippen LogP contribution in [0.1, 0.15) is 43.2 Å². The van der Waals surface area contributed by atoms with Gasteiger partial charge >= 0.3 is 0 Å². The largest absolute Gasteiger partial charge is 0.397 e. The average molecular weight is 331 g/mol. The molecule has 1 aliphatic rings. The topological polar surface area (TPSA) is 55.1 Å². The highest BCUT2D eigenvalue weighted by Gasteiger charge is 2.43. The molecule has 1 aliphatic carbocycles. The number of hydrogen-bond acceptors (Lipinski definition) is 2. The summed E-state index contributed by atoms with van der Waals surface area (Å²) in [4.78, 5) is 12.3. The van der Waals surface area contributed by atoms with Crippen molar-refractivity contribution in [1.82, 2.24) is 0 Å². The SMILES string of the molecule is CC(C)c1ccc(C2CC2C(=O)Nc2ccccc2N)cc1.Cl. The molecule has 2 aromatic carbocycles. The van der Waals surface area contributed by atoms with E-state index in [1.54, 1.807) is 6.07 Å². The predicted molar refractivity (Wildman–Crippen MR) is 98.1 cm³/mol. The Balaban J connectivity index is 0.00000192. The molecule has 2 atom stereocenters. The quantitative estimate of drug-likeness (QED) is 0.808. The number of halogens is 1. The fourth-order valence-corrected chi connectivity index (χ4v) is 2.82. The minimum absolute atomic E-state index is 0. The van der Waals surface area contributed by atoms with Crippen LogP contribution in [0.5, 0.6) is 0 Å². The van der Waals surface area contributed by atoms with Crippen LogP contribution in [0, 0.1) is 5.92 Å². The van der Waals surface area contributed by atoms with Gasteiger partial charge in [-0.2, -0.15) is 0 Å². The second kappa shape index (κ2) is 7.05. The number of benzene rings is 2. The molecule has 0 aromatic heterocycles. The van der Waals surface area contributed by atoms with E-state index in [9.17, 15) is 4.79 Å². The molecular formula is C19H23ClN2O. The number of nitrogen functional groups attached to an aromatic ring is 1. The molecule has 23 heavy (non-hydrogen) atoms. The number of hydrogen-bond donors (Lipinski definition) is 2. The first-order chi connectivity index (χ1) is 10.6. The van der Waals surface area contributed by atoms with Gasteiger partial charge in [0, 0.05) is 5.92 Å². The molecule has 2 aromatic rings. The highest BCUT2D eigenvalue weighted by atomic mass is 35.5. The van der Waals surface area contributed by atoms with E-state index in [0.717, 1.165) is 6.42 Å². The normalized spacial score (nSPS) is 19.1. The third kappa shape index (κ3) is 3.85. The first-order valence-electron chi connectivity index (χ1n) is 7.81. The van der Waals surface area contributed by atoms with Crippen molar-refractivity contribution in [2.75, 3.05) is 11.1 Å². The van der Waals surface area contributed by atoms with Crippen LogP contribution in [0.4, 0.5) is 11.4 Å². The maximum atomic E-state index is 12.3. The zero-order chi connectivity index (χ0) is 15.7. The molecule has 0 bridgehead atoms. The number of nitrogens with two attached hydrogens (primary N) is 1. The fourth-order valence-electron chi connectivity index (χ4n) is 2.82. The molecule has 4 heteroatoms. The molecule has 0 saturated heterocycles. The zero-order valence-corrected chi connectivity index (χ0v) is 14.3. The highest BCUT2D eigenvalue weighted by Crippen LogP contribution is 2.48. The Hall–Kier alpha value is -2.00. The molecule has 0 spiro atoms. The molecule has 1 amide bonds. The van der Waals surface area contributed by atoms with E-state index in [-0.39, 0.29) is 24.2 Å². The lowest BCUT2D eigenvalue weighted by Crippen LogP contribution is -2.15. The molecule has 122 valence electrons. The Kier molecular flexibility index (Phi) is 5.32. The van der Waals surface area contributed by atoms with Crippen LogP contribution >= 0.6 is 12.4 Å². The number of rotatable bonds is 4. The van der Waals surface area contributed by atoms with Crippen molar-refractivity contribution in [1.29, 1.82) is 0 Å². The monoisotopic (exact) mass is 330 g/mol. The molecule has 1 fully saturated rings. The summed E-state index contributed by atoms with van der Waals surface area (Å²) in [6, 6.07) is 16.0. The summed E-state index contributed by atoms with van der Waals surface area (Å²) in [6.07, 6.45) is 0.916. The van der Waals surface area contributed by atoms with Crippen LogP contribution in [-0.2, 0) is 4.79 Å². The molecule has 0 aliphatic heterocycles. The molecular weight excluding hydrogens is 308 g/mol. The van der Waals surface area contributed by atoms with Gasteiger partial charge in [0.05, 0.1) is 11.4 Å². The number of para-hydroxylation sites is 2. The summed E-state index contributed by atoms with van der Waals surface area (Å²) in [6.45, 7) is 4.37. The van der Waals surface area contributed by atoms with Gasteiger partial charge in [-0.05, 0) is 41.5 Å².